The number of hydrogen-bond donors (Lipinski definition) is 1. The molecular formula is C20H29N3O4S. The van der Waals surface area contributed by atoms with Crippen LogP contribution in [0.15, 0.2) is 29.2 Å². The molecule has 0 saturated carbocycles. The molecule has 154 valence electrons. The van der Waals surface area contributed by atoms with Crippen LogP contribution in [0.5, 0.6) is 0 Å². The van der Waals surface area contributed by atoms with E-state index in [1.807, 2.05) is 0 Å². The predicted molar refractivity (Wildman–Crippen MR) is 106 cm³/mol. The number of nitrogens with two attached hydrogens (primary N) is 1. The van der Waals surface area contributed by atoms with Crippen LogP contribution in [-0.2, 0) is 26.0 Å². The Morgan fingerprint density at radius 1 is 0.964 bits per heavy atom. The standard InChI is InChI=1S/C20H29N3O4S/c21-20(25)17-10-14-22(15-11-17)19(24)9-6-16-4-7-18(8-5-16)28(26,27)23-12-2-1-3-13-23/h4-5,7-8,17H,1-3,6,9-15H2,(H2,21,25). The average Bonchev–Trinajstić information content (AvgIpc) is 2.73. The van der Waals surface area contributed by atoms with E-state index in [0.717, 1.165) is 24.8 Å². The molecule has 7 nitrogen and oxygen atoms in total. The summed E-state index contributed by atoms with van der Waals surface area (Å²) in [6.07, 6.45) is 5.11. The second-order valence-corrected chi connectivity index (χ2v) is 9.60. The van der Waals surface area contributed by atoms with Crippen molar-refractivity contribution in [3.8, 4) is 0 Å². The van der Waals surface area contributed by atoms with Gasteiger partial charge in [-0.05, 0) is 49.8 Å². The maximum Gasteiger partial charge on any atom is 0.243 e. The molecule has 0 aromatic heterocycles. The molecule has 2 aliphatic heterocycles. The monoisotopic (exact) mass is 407 g/mol. The summed E-state index contributed by atoms with van der Waals surface area (Å²) in [5.41, 5.74) is 6.27. The minimum Gasteiger partial charge on any atom is -0.369 e. The average molecular weight is 408 g/mol. The van der Waals surface area contributed by atoms with Crippen LogP contribution >= 0.6 is 0 Å². The first-order chi connectivity index (χ1) is 13.4. The SMILES string of the molecule is NC(=O)C1CCN(C(=O)CCc2ccc(S(=O)(=O)N3CCCCC3)cc2)CC1. The molecule has 1 aromatic carbocycles. The lowest BCUT2D eigenvalue weighted by Crippen LogP contribution is -2.41. The molecule has 2 N–H and O–H groups in total. The number of sulfonamides is 1. The summed E-state index contributed by atoms with van der Waals surface area (Å²) in [5, 5.41) is 0. The third-order valence-corrected chi connectivity index (χ3v) is 7.67. The molecule has 0 atom stereocenters. The molecule has 1 aromatic rings. The fraction of sp³-hybridized carbons (Fsp3) is 0.600. The lowest BCUT2D eigenvalue weighted by molar-refractivity contribution is -0.134. The van der Waals surface area contributed by atoms with Crippen molar-refractivity contribution in [2.75, 3.05) is 26.2 Å². The largest absolute Gasteiger partial charge is 0.369 e. The molecule has 2 fully saturated rings. The number of primary amides is 1. The second-order valence-electron chi connectivity index (χ2n) is 7.67. The first kappa shape index (κ1) is 20.8. The summed E-state index contributed by atoms with van der Waals surface area (Å²) in [5.74, 6) is -0.349. The molecule has 8 heteroatoms. The third kappa shape index (κ3) is 4.91. The van der Waals surface area contributed by atoms with Crippen molar-refractivity contribution in [3.05, 3.63) is 29.8 Å². The van der Waals surface area contributed by atoms with Crippen LogP contribution in [0.3, 0.4) is 0 Å². The molecule has 2 heterocycles. The van der Waals surface area contributed by atoms with Crippen LogP contribution in [0, 0.1) is 5.92 Å². The number of carbonyl (C=O) groups is 2. The van der Waals surface area contributed by atoms with Gasteiger partial charge in [-0.2, -0.15) is 4.31 Å². The smallest absolute Gasteiger partial charge is 0.243 e. The minimum atomic E-state index is -3.42. The van der Waals surface area contributed by atoms with Gasteiger partial charge < -0.3 is 10.6 Å². The molecule has 28 heavy (non-hydrogen) atoms. The van der Waals surface area contributed by atoms with Crippen molar-refractivity contribution in [2.24, 2.45) is 11.7 Å². The van der Waals surface area contributed by atoms with Crippen molar-refractivity contribution in [2.45, 2.75) is 49.8 Å². The highest BCUT2D eigenvalue weighted by Crippen LogP contribution is 2.22. The van der Waals surface area contributed by atoms with E-state index < -0.39 is 10.0 Å². The molecule has 0 radical (unpaired) electrons. The predicted octanol–water partition coefficient (Wildman–Crippen LogP) is 1.52. The lowest BCUT2D eigenvalue weighted by Gasteiger charge is -2.30. The lowest BCUT2D eigenvalue weighted by atomic mass is 9.96. The highest BCUT2D eigenvalue weighted by Gasteiger charge is 2.27. The Kier molecular flexibility index (Phi) is 6.72. The van der Waals surface area contributed by atoms with Gasteiger partial charge in [0, 0.05) is 38.5 Å². The van der Waals surface area contributed by atoms with Gasteiger partial charge in [-0.25, -0.2) is 8.42 Å². The van der Waals surface area contributed by atoms with Crippen LogP contribution in [0.2, 0.25) is 0 Å². The summed E-state index contributed by atoms with van der Waals surface area (Å²) in [7, 11) is -3.42. The fourth-order valence-electron chi connectivity index (χ4n) is 3.91. The summed E-state index contributed by atoms with van der Waals surface area (Å²) < 4.78 is 26.9. The number of aryl methyl sites for hydroxylation is 1. The zero-order valence-electron chi connectivity index (χ0n) is 16.2. The quantitative estimate of drug-likeness (QED) is 0.772. The first-order valence-electron chi connectivity index (χ1n) is 10.0. The highest BCUT2D eigenvalue weighted by atomic mass is 32.2. The molecule has 0 aliphatic carbocycles. The van der Waals surface area contributed by atoms with Gasteiger partial charge in [-0.1, -0.05) is 18.6 Å². The Morgan fingerprint density at radius 3 is 2.14 bits per heavy atom. The maximum atomic E-state index is 12.7. The van der Waals surface area contributed by atoms with Crippen LogP contribution in [0.4, 0.5) is 0 Å². The van der Waals surface area contributed by atoms with E-state index >= 15 is 0 Å². The minimum absolute atomic E-state index is 0.0629. The van der Waals surface area contributed by atoms with Crippen molar-refractivity contribution >= 4 is 21.8 Å². The molecule has 2 saturated heterocycles. The van der Waals surface area contributed by atoms with Gasteiger partial charge in [-0.15, -0.1) is 0 Å². The Labute approximate surface area is 166 Å². The number of likely N-dealkylation sites (tertiary alicyclic amines) is 1. The highest BCUT2D eigenvalue weighted by molar-refractivity contribution is 7.89. The molecule has 0 unspecified atom stereocenters. The summed E-state index contributed by atoms with van der Waals surface area (Å²) in [4.78, 5) is 25.7. The summed E-state index contributed by atoms with van der Waals surface area (Å²) >= 11 is 0. The molecule has 2 amide bonds. The number of nitrogens with zero attached hydrogens (tertiary/aromatic N) is 2. The number of piperidine rings is 2. The van der Waals surface area contributed by atoms with Gasteiger partial charge >= 0.3 is 0 Å². The van der Waals surface area contributed by atoms with Gasteiger partial charge in [-0.3, -0.25) is 9.59 Å². The van der Waals surface area contributed by atoms with Crippen LogP contribution < -0.4 is 5.73 Å². The van der Waals surface area contributed by atoms with E-state index in [1.165, 1.54) is 0 Å². The van der Waals surface area contributed by atoms with E-state index in [0.29, 0.717) is 56.8 Å². The van der Waals surface area contributed by atoms with Crippen molar-refractivity contribution in [3.63, 3.8) is 0 Å². The molecular weight excluding hydrogens is 378 g/mol. The van der Waals surface area contributed by atoms with E-state index in [-0.39, 0.29) is 17.7 Å². The number of hydrogen-bond acceptors (Lipinski definition) is 4. The third-order valence-electron chi connectivity index (χ3n) is 5.75. The van der Waals surface area contributed by atoms with Gasteiger partial charge in [0.1, 0.15) is 0 Å². The second kappa shape index (κ2) is 9.05. The van der Waals surface area contributed by atoms with Crippen LogP contribution in [-0.4, -0.2) is 55.6 Å². The van der Waals surface area contributed by atoms with E-state index in [2.05, 4.69) is 0 Å². The number of carbonyl (C=O) groups excluding carboxylic acids is 2. The normalized spacial score (nSPS) is 19.5. The van der Waals surface area contributed by atoms with Crippen LogP contribution in [0.25, 0.3) is 0 Å². The Morgan fingerprint density at radius 2 is 1.57 bits per heavy atom. The molecule has 3 rings (SSSR count). The maximum absolute atomic E-state index is 12.7. The van der Waals surface area contributed by atoms with E-state index in [4.69, 9.17) is 5.73 Å². The zero-order valence-corrected chi connectivity index (χ0v) is 17.0. The van der Waals surface area contributed by atoms with Gasteiger partial charge in [0.2, 0.25) is 21.8 Å². The fourth-order valence-corrected chi connectivity index (χ4v) is 5.42. The molecule has 2 aliphatic rings. The Bertz CT molecular complexity index is 793. The molecule has 0 spiro atoms. The van der Waals surface area contributed by atoms with Gasteiger partial charge in [0.05, 0.1) is 4.90 Å². The number of amides is 2. The topological polar surface area (TPSA) is 101 Å². The Balaban J connectivity index is 1.52. The summed E-state index contributed by atoms with van der Waals surface area (Å²) in [6, 6.07) is 6.87. The number of rotatable bonds is 6. The van der Waals surface area contributed by atoms with E-state index in [9.17, 15) is 18.0 Å². The Hall–Kier alpha value is -1.93. The van der Waals surface area contributed by atoms with Crippen molar-refractivity contribution < 1.29 is 18.0 Å². The van der Waals surface area contributed by atoms with Crippen LogP contribution in [0.1, 0.15) is 44.1 Å². The van der Waals surface area contributed by atoms with E-state index in [1.54, 1.807) is 33.5 Å². The first-order valence-corrected chi connectivity index (χ1v) is 11.5. The molecule has 0 bridgehead atoms. The van der Waals surface area contributed by atoms with Gasteiger partial charge in [0.15, 0.2) is 0 Å². The van der Waals surface area contributed by atoms with Crippen molar-refractivity contribution in [1.82, 2.24) is 9.21 Å². The number of benzene rings is 1. The van der Waals surface area contributed by atoms with Gasteiger partial charge in [0.25, 0.3) is 0 Å². The summed E-state index contributed by atoms with van der Waals surface area (Å²) in [6.45, 7) is 2.31. The van der Waals surface area contributed by atoms with Crippen molar-refractivity contribution in [1.29, 1.82) is 0 Å². The zero-order chi connectivity index (χ0) is 20.1.